The number of carbonyl (C=O) groups is 4. The molecule has 20 heteroatoms. The number of ketones is 2. The monoisotopic (exact) mass is 1080 g/mol. The average molecular weight is 1080 g/mol. The van der Waals surface area contributed by atoms with Crippen molar-refractivity contribution >= 4 is 45.7 Å². The molecule has 78 heavy (non-hydrogen) atoms. The highest BCUT2D eigenvalue weighted by molar-refractivity contribution is 6.31. The van der Waals surface area contributed by atoms with Crippen molar-refractivity contribution in [2.24, 2.45) is 28.8 Å². The van der Waals surface area contributed by atoms with Crippen LogP contribution >= 0.6 is 0 Å². The minimum atomic E-state index is -1.90. The normalized spacial score (nSPS) is 30.2. The molecule has 2 aliphatic carbocycles. The van der Waals surface area contributed by atoms with Gasteiger partial charge in [-0.1, -0.05) is 51.1 Å². The van der Waals surface area contributed by atoms with E-state index in [0.29, 0.717) is 43.0 Å². The first-order valence-electron chi connectivity index (χ1n) is 26.5. The lowest BCUT2D eigenvalue weighted by Crippen LogP contribution is -2.53. The Balaban J connectivity index is 1.12. The van der Waals surface area contributed by atoms with Crippen molar-refractivity contribution in [3.05, 3.63) is 104 Å². The van der Waals surface area contributed by atoms with Crippen molar-refractivity contribution in [3.8, 4) is 17.2 Å². The van der Waals surface area contributed by atoms with Crippen LogP contribution in [0.25, 0.3) is 10.9 Å². The average Bonchev–Trinajstić information content (AvgIpc) is 4.29. The molecule has 10 atom stereocenters. The van der Waals surface area contributed by atoms with Gasteiger partial charge in [0, 0.05) is 112 Å². The van der Waals surface area contributed by atoms with Crippen LogP contribution in [-0.2, 0) is 28.6 Å². The van der Waals surface area contributed by atoms with Crippen LogP contribution in [-0.4, -0.2) is 137 Å². The van der Waals surface area contributed by atoms with Crippen LogP contribution in [0.15, 0.2) is 70.1 Å². The number of benzene rings is 2. The molecule has 1 saturated heterocycles. The molecule has 3 aromatic rings. The molecule has 420 valence electrons. The molecule has 6 aliphatic rings. The number of hydrogen-bond acceptors (Lipinski definition) is 17. The Kier molecular flexibility index (Phi) is 16.8. The van der Waals surface area contributed by atoms with Crippen LogP contribution in [0.3, 0.4) is 0 Å². The summed E-state index contributed by atoms with van der Waals surface area (Å²) in [5.41, 5.74) is 0.284. The van der Waals surface area contributed by atoms with Crippen molar-refractivity contribution in [3.63, 3.8) is 0 Å². The molecular weight excluding hydrogens is 1010 g/mol. The topological polar surface area (TPSA) is 237 Å². The Morgan fingerprint density at radius 1 is 0.962 bits per heavy atom. The summed E-state index contributed by atoms with van der Waals surface area (Å²) in [7, 11) is 2.94. The Morgan fingerprint density at radius 2 is 1.68 bits per heavy atom. The number of rotatable bonds is 9. The number of nitrogens with zero attached hydrogens (tertiary/aromatic N) is 4. The van der Waals surface area contributed by atoms with Crippen molar-refractivity contribution in [2.45, 2.75) is 124 Å². The number of hydrogen-bond donors (Lipinski definition) is 4. The Labute approximate surface area is 452 Å². The molecule has 5 heterocycles. The van der Waals surface area contributed by atoms with E-state index in [9.17, 15) is 39.3 Å². The maximum atomic E-state index is 16.2. The number of pyridine rings is 1. The number of fused-ring (bicyclic) bond motifs is 15. The van der Waals surface area contributed by atoms with E-state index in [4.69, 9.17) is 28.5 Å². The lowest BCUT2D eigenvalue weighted by Gasteiger charge is -2.41. The van der Waals surface area contributed by atoms with Gasteiger partial charge < -0.3 is 58.6 Å². The highest BCUT2D eigenvalue weighted by Gasteiger charge is 2.51. The van der Waals surface area contributed by atoms with Gasteiger partial charge in [-0.05, 0) is 52.7 Å². The number of amides is 1. The first-order chi connectivity index (χ1) is 36.9. The number of phenolic OH excluding ortho intramolecular Hbond substituents is 1. The molecule has 1 amide bonds. The zero-order chi connectivity index (χ0) is 56.8. The van der Waals surface area contributed by atoms with E-state index in [2.05, 4.69) is 15.4 Å². The van der Waals surface area contributed by atoms with E-state index in [-0.39, 0.29) is 74.6 Å². The van der Waals surface area contributed by atoms with Crippen LogP contribution in [0.4, 0.5) is 10.1 Å². The number of esters is 1. The third kappa shape index (κ3) is 10.8. The smallest absolute Gasteiger partial charge is 0.302 e. The molecule has 1 aromatic heterocycles. The number of aromatic hydroxyl groups is 1. The molecule has 19 nitrogen and oxygen atoms in total. The molecule has 5 bridgehead atoms. The SMILES string of the molecule is COc1c(N2CCN(CCO/N=C3/c4c5c(C)c(O)c6c4C(=O)C=C(NC(=O)/C(C)=C\C=C\[C@H](C)[C@H](O)[C@@H](C)[C@@H](O)[C@@H](C)[C@H](OC(C)=O)[C@H](C)[C@@H](OC)/C=C/O[C@@]3(C)O5)C6=O)C(C)C2)c(F)cc2c(=O)c(C)cn(C3CC3)c12. The van der Waals surface area contributed by atoms with Crippen molar-refractivity contribution in [1.82, 2.24) is 14.8 Å². The van der Waals surface area contributed by atoms with Gasteiger partial charge in [0.1, 0.15) is 29.9 Å². The van der Waals surface area contributed by atoms with Crippen LogP contribution in [0.1, 0.15) is 112 Å². The number of aliphatic hydroxyl groups is 2. The first-order valence-corrected chi connectivity index (χ1v) is 26.5. The zero-order valence-electron chi connectivity index (χ0n) is 46.3. The van der Waals surface area contributed by atoms with E-state index in [1.807, 2.05) is 22.6 Å². The fourth-order valence-corrected chi connectivity index (χ4v) is 11.3. The zero-order valence-corrected chi connectivity index (χ0v) is 46.3. The van der Waals surface area contributed by atoms with Crippen molar-refractivity contribution in [2.75, 3.05) is 51.9 Å². The second-order valence-electron chi connectivity index (χ2n) is 21.6. The third-order valence-corrected chi connectivity index (χ3v) is 16.1. The predicted molar refractivity (Wildman–Crippen MR) is 288 cm³/mol. The van der Waals surface area contributed by atoms with Gasteiger partial charge in [-0.3, -0.25) is 28.9 Å². The lowest BCUT2D eigenvalue weighted by atomic mass is 9.78. The lowest BCUT2D eigenvalue weighted by molar-refractivity contribution is -0.160. The number of halogens is 1. The minimum Gasteiger partial charge on any atom is -0.507 e. The molecule has 1 unspecified atom stereocenters. The number of methoxy groups -OCH3 is 2. The third-order valence-electron chi connectivity index (χ3n) is 16.1. The van der Waals surface area contributed by atoms with Crippen molar-refractivity contribution in [1.29, 1.82) is 0 Å². The molecule has 9 rings (SSSR count). The number of phenols is 1. The summed E-state index contributed by atoms with van der Waals surface area (Å²) in [5.74, 6) is -8.22. The second kappa shape index (κ2) is 22.8. The molecule has 2 aromatic carbocycles. The first kappa shape index (κ1) is 57.3. The molecule has 2 fully saturated rings. The van der Waals surface area contributed by atoms with Gasteiger partial charge in [0.25, 0.3) is 11.7 Å². The van der Waals surface area contributed by atoms with Crippen molar-refractivity contribution < 1.29 is 67.4 Å². The summed E-state index contributed by atoms with van der Waals surface area (Å²) in [6, 6.07) is 1.39. The number of nitrogens with one attached hydrogen (secondary N) is 1. The Morgan fingerprint density at radius 3 is 2.33 bits per heavy atom. The fraction of sp³-hybridized carbons (Fsp3) is 0.517. The number of carbonyl (C=O) groups excluding carboxylic acids is 4. The molecule has 4 N–H and O–H groups in total. The summed E-state index contributed by atoms with van der Waals surface area (Å²) in [6.45, 7) is 18.1. The molecule has 1 saturated carbocycles. The maximum Gasteiger partial charge on any atom is 0.302 e. The highest BCUT2D eigenvalue weighted by Crippen LogP contribution is 2.49. The fourth-order valence-electron chi connectivity index (χ4n) is 11.3. The largest absolute Gasteiger partial charge is 0.507 e. The van der Waals surface area contributed by atoms with Gasteiger partial charge in [0.05, 0.1) is 65.0 Å². The van der Waals surface area contributed by atoms with E-state index >= 15 is 4.39 Å². The number of aromatic nitrogens is 1. The van der Waals surface area contributed by atoms with Gasteiger partial charge in [-0.25, -0.2) is 4.39 Å². The van der Waals surface area contributed by atoms with Gasteiger partial charge in [0.2, 0.25) is 5.78 Å². The van der Waals surface area contributed by atoms with Crippen LogP contribution in [0.5, 0.6) is 17.2 Å². The molecular formula is C58H72FN5O14. The number of ether oxygens (including phenoxy) is 5. The summed E-state index contributed by atoms with van der Waals surface area (Å²) in [6.07, 6.45) is 8.24. The number of anilines is 1. The number of aliphatic hydroxyl groups excluding tert-OH is 2. The van der Waals surface area contributed by atoms with E-state index in [1.54, 1.807) is 52.8 Å². The summed E-state index contributed by atoms with van der Waals surface area (Å²) in [4.78, 5) is 78.3. The van der Waals surface area contributed by atoms with E-state index in [0.717, 1.165) is 18.9 Å². The standard InChI is InChI=1S/C58H72FN5O14/c1-28-14-13-15-29(2)57(72)60-40-25-41(66)43-44(52(40)71)51(70)35(8)54-45(43)56(58(10,78-54)75-22-18-42(73-11)32(5)53(77-36(9)65)34(7)50(69)33(6)48(28)67)61-76-23-21-62-19-20-63(27-31(62)4)47-39(59)24-38-46(55(47)74-12)64(37-16-17-37)26-30(3)49(38)68/h13-15,18,22,24-26,28,31-34,37,42,48,50,53,67,69-70H,16-17,19-21,23,27H2,1-12H3,(H,60,72)/b14-13+,22-18+,29-15-,61-56-/t28-,31?,32+,33+,34+,42-,48-,50+,53+,58-/m0/s1. The number of Topliss-reactive ketones (excluding diaryl/α,β-unsaturated/α-hetero) is 1. The van der Waals surface area contributed by atoms with E-state index < -0.39 is 94.4 Å². The number of allylic oxidation sites excluding steroid dienone is 4. The van der Waals surface area contributed by atoms with Crippen LogP contribution < -0.4 is 25.1 Å². The van der Waals surface area contributed by atoms with Gasteiger partial charge in [-0.15, -0.1) is 0 Å². The van der Waals surface area contributed by atoms with Gasteiger partial charge >= 0.3 is 5.97 Å². The molecule has 0 spiro atoms. The summed E-state index contributed by atoms with van der Waals surface area (Å²) < 4.78 is 48.8. The number of piperazine rings is 1. The summed E-state index contributed by atoms with van der Waals surface area (Å²) in [5, 5.41) is 42.2. The molecule has 4 aliphatic heterocycles. The number of aryl methyl sites for hydroxylation is 1. The minimum absolute atomic E-state index is 0.000563. The Hall–Kier alpha value is -6.87. The van der Waals surface area contributed by atoms with Gasteiger partial charge in [0.15, 0.2) is 28.5 Å². The highest BCUT2D eigenvalue weighted by atomic mass is 19.1. The van der Waals surface area contributed by atoms with Crippen LogP contribution in [0, 0.1) is 43.3 Å². The quantitative estimate of drug-likeness (QED) is 0.102. The van der Waals surface area contributed by atoms with E-state index in [1.165, 1.54) is 60.3 Å². The molecule has 0 radical (unpaired) electrons. The second-order valence-corrected chi connectivity index (χ2v) is 21.6. The van der Waals surface area contributed by atoms with Gasteiger partial charge in [-0.2, -0.15) is 0 Å². The summed E-state index contributed by atoms with van der Waals surface area (Å²) >= 11 is 0. The Bertz CT molecular complexity index is 3120. The predicted octanol–water partition coefficient (Wildman–Crippen LogP) is 6.48. The maximum absolute atomic E-state index is 16.2. The van der Waals surface area contributed by atoms with Crippen LogP contribution in [0.2, 0.25) is 0 Å². The number of oxime groups is 1.